The fourth-order valence-corrected chi connectivity index (χ4v) is 3.35. The lowest BCUT2D eigenvalue weighted by Gasteiger charge is -2.27. The predicted molar refractivity (Wildman–Crippen MR) is 75.6 cm³/mol. The number of benzene rings is 1. The summed E-state index contributed by atoms with van der Waals surface area (Å²) in [5, 5.41) is 3.23. The van der Waals surface area contributed by atoms with Gasteiger partial charge < -0.3 is 5.32 Å². The highest BCUT2D eigenvalue weighted by Crippen LogP contribution is 2.16. The first-order chi connectivity index (χ1) is 9.50. The van der Waals surface area contributed by atoms with E-state index in [0.29, 0.717) is 12.1 Å². The summed E-state index contributed by atoms with van der Waals surface area (Å²) in [6, 6.07) is 4.38. The quantitative estimate of drug-likeness (QED) is 0.822. The van der Waals surface area contributed by atoms with Gasteiger partial charge >= 0.3 is 0 Å². The highest BCUT2D eigenvalue weighted by molar-refractivity contribution is 7.89. The molecule has 5 nitrogen and oxygen atoms in total. The van der Waals surface area contributed by atoms with Gasteiger partial charge in [0.05, 0.1) is 0 Å². The molecule has 0 unspecified atom stereocenters. The number of aryl methyl sites for hydroxylation is 1. The molecule has 2 rings (SSSR count). The Labute approximate surface area is 119 Å². The molecule has 1 saturated heterocycles. The Hall–Kier alpha value is -1.02. The molecule has 0 radical (unpaired) electrons. The van der Waals surface area contributed by atoms with Crippen molar-refractivity contribution in [2.24, 2.45) is 0 Å². The van der Waals surface area contributed by atoms with Crippen molar-refractivity contribution in [3.05, 3.63) is 29.6 Å². The Bertz CT molecular complexity index is 557. The molecule has 2 N–H and O–H groups in total. The van der Waals surface area contributed by atoms with Crippen LogP contribution in [0.2, 0.25) is 0 Å². The summed E-state index contributed by atoms with van der Waals surface area (Å²) in [7, 11) is -3.78. The molecule has 0 atom stereocenters. The average molecular weight is 301 g/mol. The molecule has 1 aromatic rings. The Morgan fingerprint density at radius 3 is 2.75 bits per heavy atom. The third-order valence-corrected chi connectivity index (χ3v) is 4.85. The van der Waals surface area contributed by atoms with Crippen LogP contribution in [0.1, 0.15) is 5.56 Å². The molecule has 0 amide bonds. The molecule has 0 bridgehead atoms. The van der Waals surface area contributed by atoms with E-state index in [1.165, 1.54) is 6.07 Å². The number of hydrogen-bond acceptors (Lipinski definition) is 4. The van der Waals surface area contributed by atoms with E-state index in [4.69, 9.17) is 0 Å². The van der Waals surface area contributed by atoms with E-state index in [0.717, 1.165) is 26.2 Å². The van der Waals surface area contributed by atoms with Gasteiger partial charge in [0.1, 0.15) is 10.7 Å². The zero-order chi connectivity index (χ0) is 14.6. The topological polar surface area (TPSA) is 61.4 Å². The van der Waals surface area contributed by atoms with E-state index in [1.807, 2.05) is 0 Å². The number of nitrogens with zero attached hydrogens (tertiary/aromatic N) is 1. The first-order valence-corrected chi connectivity index (χ1v) is 8.17. The third-order valence-electron chi connectivity index (χ3n) is 3.38. The minimum absolute atomic E-state index is 0.280. The predicted octanol–water partition coefficient (Wildman–Crippen LogP) is 0.318. The zero-order valence-corrected chi connectivity index (χ0v) is 12.3. The van der Waals surface area contributed by atoms with Gasteiger partial charge in [-0.2, -0.15) is 0 Å². The Balaban J connectivity index is 1.95. The van der Waals surface area contributed by atoms with Gasteiger partial charge in [-0.3, -0.25) is 4.90 Å². The van der Waals surface area contributed by atoms with Crippen LogP contribution in [0.3, 0.4) is 0 Å². The number of piperazine rings is 1. The summed E-state index contributed by atoms with van der Waals surface area (Å²) < 4.78 is 40.4. The lowest BCUT2D eigenvalue weighted by atomic mass is 10.2. The monoisotopic (exact) mass is 301 g/mol. The number of halogens is 1. The summed E-state index contributed by atoms with van der Waals surface area (Å²) in [4.78, 5) is 1.89. The maximum atomic E-state index is 13.8. The molecule has 1 fully saturated rings. The molecule has 7 heteroatoms. The van der Waals surface area contributed by atoms with Gasteiger partial charge in [0.25, 0.3) is 0 Å². The van der Waals surface area contributed by atoms with Gasteiger partial charge in [0, 0.05) is 39.3 Å². The second-order valence-electron chi connectivity index (χ2n) is 4.88. The smallest absolute Gasteiger partial charge is 0.243 e. The van der Waals surface area contributed by atoms with Gasteiger partial charge in [-0.05, 0) is 18.6 Å². The molecular formula is C13H20FN3O2S. The van der Waals surface area contributed by atoms with Crippen molar-refractivity contribution in [1.29, 1.82) is 0 Å². The van der Waals surface area contributed by atoms with E-state index in [1.54, 1.807) is 19.1 Å². The van der Waals surface area contributed by atoms with Gasteiger partial charge in [0.2, 0.25) is 10.0 Å². The van der Waals surface area contributed by atoms with Crippen LogP contribution < -0.4 is 10.0 Å². The third kappa shape index (κ3) is 3.76. The normalized spacial score (nSPS) is 17.3. The van der Waals surface area contributed by atoms with Gasteiger partial charge in [-0.25, -0.2) is 17.5 Å². The van der Waals surface area contributed by atoms with Gasteiger partial charge in [-0.1, -0.05) is 12.1 Å². The van der Waals surface area contributed by atoms with Gasteiger partial charge in [-0.15, -0.1) is 0 Å². The number of nitrogens with one attached hydrogen (secondary N) is 2. The Kier molecular flexibility index (Phi) is 5.09. The van der Waals surface area contributed by atoms with Crippen LogP contribution in [-0.2, 0) is 10.0 Å². The second-order valence-corrected chi connectivity index (χ2v) is 6.61. The summed E-state index contributed by atoms with van der Waals surface area (Å²) >= 11 is 0. The van der Waals surface area contributed by atoms with E-state index < -0.39 is 15.8 Å². The van der Waals surface area contributed by atoms with Crippen LogP contribution in [0.5, 0.6) is 0 Å². The Morgan fingerprint density at radius 1 is 1.35 bits per heavy atom. The standard InChI is InChI=1S/C13H20FN3O2S/c1-11-3-2-4-12(13(11)14)20(18,19)16-7-10-17-8-5-15-6-9-17/h2-4,15-16H,5-10H2,1H3. The number of sulfonamides is 1. The van der Waals surface area contributed by atoms with Gasteiger partial charge in [0.15, 0.2) is 0 Å². The van der Waals surface area contributed by atoms with Crippen molar-refractivity contribution in [1.82, 2.24) is 14.9 Å². The molecule has 0 saturated carbocycles. The van der Waals surface area contributed by atoms with Crippen molar-refractivity contribution >= 4 is 10.0 Å². The summed E-state index contributed by atoms with van der Waals surface area (Å²) in [6.07, 6.45) is 0. The van der Waals surface area contributed by atoms with Crippen LogP contribution >= 0.6 is 0 Å². The van der Waals surface area contributed by atoms with E-state index in [2.05, 4.69) is 14.9 Å². The summed E-state index contributed by atoms with van der Waals surface area (Å²) in [5.74, 6) is -0.679. The molecule has 112 valence electrons. The molecule has 1 heterocycles. The molecule has 0 aliphatic carbocycles. The van der Waals surface area contributed by atoms with Crippen LogP contribution in [0.4, 0.5) is 4.39 Å². The lowest BCUT2D eigenvalue weighted by molar-refractivity contribution is 0.245. The van der Waals surface area contributed by atoms with E-state index in [-0.39, 0.29) is 11.4 Å². The average Bonchev–Trinajstić information content (AvgIpc) is 2.42. The first kappa shape index (κ1) is 15.4. The SMILES string of the molecule is Cc1cccc(S(=O)(=O)NCCN2CCNCC2)c1F. The van der Waals surface area contributed by atoms with Crippen LogP contribution in [0.25, 0.3) is 0 Å². The minimum atomic E-state index is -3.78. The molecule has 0 aromatic heterocycles. The minimum Gasteiger partial charge on any atom is -0.314 e. The maximum absolute atomic E-state index is 13.8. The van der Waals surface area contributed by atoms with E-state index in [9.17, 15) is 12.8 Å². The fourth-order valence-electron chi connectivity index (χ4n) is 2.18. The van der Waals surface area contributed by atoms with Crippen LogP contribution in [0, 0.1) is 12.7 Å². The van der Waals surface area contributed by atoms with Crippen molar-refractivity contribution < 1.29 is 12.8 Å². The van der Waals surface area contributed by atoms with Crippen LogP contribution in [0.15, 0.2) is 23.1 Å². The maximum Gasteiger partial charge on any atom is 0.243 e. The fraction of sp³-hybridized carbons (Fsp3) is 0.538. The molecule has 1 aromatic carbocycles. The Morgan fingerprint density at radius 2 is 2.05 bits per heavy atom. The molecular weight excluding hydrogens is 281 g/mol. The van der Waals surface area contributed by atoms with Crippen LogP contribution in [-0.4, -0.2) is 52.6 Å². The number of rotatable bonds is 5. The zero-order valence-electron chi connectivity index (χ0n) is 11.5. The number of hydrogen-bond donors (Lipinski definition) is 2. The van der Waals surface area contributed by atoms with Crippen molar-refractivity contribution in [2.75, 3.05) is 39.3 Å². The highest BCUT2D eigenvalue weighted by Gasteiger charge is 2.20. The lowest BCUT2D eigenvalue weighted by Crippen LogP contribution is -2.46. The first-order valence-electron chi connectivity index (χ1n) is 6.68. The molecule has 20 heavy (non-hydrogen) atoms. The largest absolute Gasteiger partial charge is 0.314 e. The summed E-state index contributed by atoms with van der Waals surface area (Å²) in [5.41, 5.74) is 0.329. The highest BCUT2D eigenvalue weighted by atomic mass is 32.2. The van der Waals surface area contributed by atoms with Crippen molar-refractivity contribution in [2.45, 2.75) is 11.8 Å². The molecule has 1 aliphatic rings. The summed E-state index contributed by atoms with van der Waals surface area (Å²) in [6.45, 7) is 6.11. The molecule has 1 aliphatic heterocycles. The van der Waals surface area contributed by atoms with Crippen molar-refractivity contribution in [3.8, 4) is 0 Å². The van der Waals surface area contributed by atoms with E-state index >= 15 is 0 Å². The second kappa shape index (κ2) is 6.62. The molecule has 0 spiro atoms. The van der Waals surface area contributed by atoms with Crippen molar-refractivity contribution in [3.63, 3.8) is 0 Å².